The van der Waals surface area contributed by atoms with Crippen LogP contribution in [0, 0.1) is 0 Å². The van der Waals surface area contributed by atoms with Crippen molar-refractivity contribution in [2.24, 2.45) is 4.99 Å². The number of guanidine groups is 1. The van der Waals surface area contributed by atoms with Crippen LogP contribution in [-0.4, -0.2) is 86.4 Å². The van der Waals surface area contributed by atoms with Crippen LogP contribution in [0.4, 0.5) is 0 Å². The van der Waals surface area contributed by atoms with Gasteiger partial charge in [-0.3, -0.25) is 9.89 Å². The summed E-state index contributed by atoms with van der Waals surface area (Å²) in [6.45, 7) is 14.2. The molecule has 0 amide bonds. The molecule has 3 heterocycles. The minimum absolute atomic E-state index is 0. The van der Waals surface area contributed by atoms with Gasteiger partial charge in [0, 0.05) is 44.4 Å². The number of piperidine rings is 1. The predicted octanol–water partition coefficient (Wildman–Crippen LogP) is 3.07. The molecule has 0 radical (unpaired) electrons. The fraction of sp³-hybridized carbons (Fsp3) is 0.955. The maximum Gasteiger partial charge on any atom is 0.191 e. The molecular weight excluding hydrogens is 477 g/mol. The maximum absolute atomic E-state index is 5.69. The highest BCUT2D eigenvalue weighted by Gasteiger charge is 2.39. The van der Waals surface area contributed by atoms with E-state index in [1.165, 1.54) is 71.2 Å². The van der Waals surface area contributed by atoms with E-state index in [1.807, 2.05) is 0 Å². The average Bonchev–Trinajstić information content (AvgIpc) is 3.28. The summed E-state index contributed by atoms with van der Waals surface area (Å²) in [4.78, 5) is 10.4. The van der Waals surface area contributed by atoms with Crippen LogP contribution >= 0.6 is 24.0 Å². The number of likely N-dealkylation sites (tertiary alicyclic amines) is 2. The van der Waals surface area contributed by atoms with Gasteiger partial charge >= 0.3 is 0 Å². The second kappa shape index (κ2) is 13.3. The topological polar surface area (TPSA) is 52.1 Å². The van der Waals surface area contributed by atoms with Crippen LogP contribution in [0.2, 0.25) is 0 Å². The van der Waals surface area contributed by atoms with Gasteiger partial charge in [-0.05, 0) is 71.5 Å². The number of aliphatic imine (C=N–C) groups is 1. The number of halogens is 1. The van der Waals surface area contributed by atoms with Gasteiger partial charge in [-0.2, -0.15) is 0 Å². The van der Waals surface area contributed by atoms with Crippen molar-refractivity contribution in [2.75, 3.05) is 59.0 Å². The molecule has 3 aliphatic rings. The van der Waals surface area contributed by atoms with Crippen molar-refractivity contribution in [3.8, 4) is 0 Å². The van der Waals surface area contributed by atoms with Crippen molar-refractivity contribution in [1.29, 1.82) is 0 Å². The summed E-state index contributed by atoms with van der Waals surface area (Å²) in [5, 5.41) is 7.24. The number of ether oxygens (including phenoxy) is 1. The summed E-state index contributed by atoms with van der Waals surface area (Å²) in [7, 11) is 0. The van der Waals surface area contributed by atoms with Crippen LogP contribution in [0.3, 0.4) is 0 Å². The molecule has 3 saturated heterocycles. The van der Waals surface area contributed by atoms with Gasteiger partial charge in [-0.15, -0.1) is 24.0 Å². The molecule has 29 heavy (non-hydrogen) atoms. The second-order valence-corrected chi connectivity index (χ2v) is 8.84. The highest BCUT2D eigenvalue weighted by Crippen LogP contribution is 2.31. The van der Waals surface area contributed by atoms with Crippen LogP contribution in [0.1, 0.15) is 65.2 Å². The predicted molar refractivity (Wildman–Crippen MR) is 132 cm³/mol. The monoisotopic (exact) mass is 521 g/mol. The van der Waals surface area contributed by atoms with Gasteiger partial charge in [0.15, 0.2) is 5.96 Å². The molecule has 0 atom stereocenters. The minimum atomic E-state index is 0. The van der Waals surface area contributed by atoms with E-state index in [-0.39, 0.29) is 29.5 Å². The lowest BCUT2D eigenvalue weighted by molar-refractivity contribution is -0.0139. The Morgan fingerprint density at radius 1 is 1.07 bits per heavy atom. The summed E-state index contributed by atoms with van der Waals surface area (Å²) in [6.07, 6.45) is 9.96. The lowest BCUT2D eigenvalue weighted by atomic mass is 9.88. The minimum Gasteiger partial charge on any atom is -0.381 e. The van der Waals surface area contributed by atoms with Crippen molar-refractivity contribution in [3.05, 3.63) is 0 Å². The number of hydrogen-bond acceptors (Lipinski definition) is 4. The van der Waals surface area contributed by atoms with Crippen molar-refractivity contribution >= 4 is 29.9 Å². The Morgan fingerprint density at radius 3 is 2.38 bits per heavy atom. The summed E-state index contributed by atoms with van der Waals surface area (Å²) in [5.41, 5.74) is 0.209. The van der Waals surface area contributed by atoms with Gasteiger partial charge in [-0.1, -0.05) is 13.3 Å². The summed E-state index contributed by atoms with van der Waals surface area (Å²) in [6, 6.07) is 0.549. The van der Waals surface area contributed by atoms with E-state index in [0.717, 1.165) is 45.1 Å². The molecule has 2 N–H and O–H groups in total. The number of unbranched alkanes of at least 4 members (excludes halogenated alkanes) is 1. The molecule has 0 aromatic heterocycles. The Balaban J connectivity index is 0.00000300. The molecular formula is C22H44IN5O. The average molecular weight is 522 g/mol. The van der Waals surface area contributed by atoms with Crippen LogP contribution in [0.25, 0.3) is 0 Å². The molecule has 0 bridgehead atoms. The molecule has 0 aromatic carbocycles. The lowest BCUT2D eigenvalue weighted by Gasteiger charge is -2.43. The first-order chi connectivity index (χ1) is 13.8. The van der Waals surface area contributed by atoms with Crippen molar-refractivity contribution < 1.29 is 4.74 Å². The fourth-order valence-electron chi connectivity index (χ4n) is 4.94. The smallest absolute Gasteiger partial charge is 0.191 e. The quantitative estimate of drug-likeness (QED) is 0.292. The third kappa shape index (κ3) is 7.51. The van der Waals surface area contributed by atoms with E-state index >= 15 is 0 Å². The van der Waals surface area contributed by atoms with Crippen molar-refractivity contribution in [1.82, 2.24) is 20.4 Å². The molecule has 3 rings (SSSR count). The first kappa shape index (κ1) is 25.1. The Hall–Kier alpha value is -0.120. The Morgan fingerprint density at radius 2 is 1.76 bits per heavy atom. The Labute approximate surface area is 195 Å². The second-order valence-electron chi connectivity index (χ2n) is 8.84. The van der Waals surface area contributed by atoms with E-state index < -0.39 is 0 Å². The van der Waals surface area contributed by atoms with Gasteiger partial charge in [0.1, 0.15) is 0 Å². The lowest BCUT2D eigenvalue weighted by Crippen LogP contribution is -2.54. The van der Waals surface area contributed by atoms with Gasteiger partial charge in [0.2, 0.25) is 0 Å². The van der Waals surface area contributed by atoms with Crippen LogP contribution < -0.4 is 10.6 Å². The normalized spacial score (nSPS) is 24.3. The summed E-state index contributed by atoms with van der Waals surface area (Å²) in [5.74, 6) is 1.01. The number of nitrogens with one attached hydrogen (secondary N) is 2. The van der Waals surface area contributed by atoms with E-state index in [2.05, 4.69) is 34.3 Å². The molecule has 3 aliphatic heterocycles. The standard InChI is InChI=1S/C22H43N5O.HI/c1-3-5-12-26-15-8-20(9-16-26)25-21(23-4-2)24-19-22(10-17-28-18-11-22)27-13-6-7-14-27;/h20H,3-19H2,1-2H3,(H2,23,24,25);1H. The molecule has 170 valence electrons. The molecule has 6 nitrogen and oxygen atoms in total. The highest BCUT2D eigenvalue weighted by molar-refractivity contribution is 14.0. The summed E-state index contributed by atoms with van der Waals surface area (Å²) >= 11 is 0. The maximum atomic E-state index is 5.69. The molecule has 0 saturated carbocycles. The highest BCUT2D eigenvalue weighted by atomic mass is 127. The third-order valence-electron chi connectivity index (χ3n) is 6.83. The molecule has 7 heteroatoms. The number of rotatable bonds is 8. The number of nitrogens with zero attached hydrogens (tertiary/aromatic N) is 3. The SMILES string of the molecule is CCCCN1CCC(NC(=NCC2(N3CCCC3)CCOCC2)NCC)CC1.I. The first-order valence-electron chi connectivity index (χ1n) is 11.9. The molecule has 0 spiro atoms. The van der Waals surface area contributed by atoms with Crippen molar-refractivity contribution in [2.45, 2.75) is 76.8 Å². The van der Waals surface area contributed by atoms with Gasteiger partial charge in [-0.25, -0.2) is 0 Å². The number of hydrogen-bond donors (Lipinski definition) is 2. The Bertz CT molecular complexity index is 470. The van der Waals surface area contributed by atoms with Gasteiger partial charge in [0.05, 0.1) is 6.54 Å². The molecule has 0 aromatic rings. The zero-order valence-electron chi connectivity index (χ0n) is 18.8. The van der Waals surface area contributed by atoms with E-state index in [1.54, 1.807) is 0 Å². The van der Waals surface area contributed by atoms with Crippen LogP contribution in [0.15, 0.2) is 4.99 Å². The zero-order chi connectivity index (χ0) is 19.7. The summed E-state index contributed by atoms with van der Waals surface area (Å²) < 4.78 is 5.69. The molecule has 0 unspecified atom stereocenters. The third-order valence-corrected chi connectivity index (χ3v) is 6.83. The molecule has 0 aliphatic carbocycles. The zero-order valence-corrected chi connectivity index (χ0v) is 21.1. The van der Waals surface area contributed by atoms with E-state index in [4.69, 9.17) is 9.73 Å². The Kier molecular flexibility index (Phi) is 11.6. The first-order valence-corrected chi connectivity index (χ1v) is 11.9. The van der Waals surface area contributed by atoms with E-state index in [0.29, 0.717) is 6.04 Å². The van der Waals surface area contributed by atoms with Gasteiger partial charge < -0.3 is 20.3 Å². The van der Waals surface area contributed by atoms with Gasteiger partial charge in [0.25, 0.3) is 0 Å². The molecule has 3 fully saturated rings. The van der Waals surface area contributed by atoms with Crippen LogP contribution in [-0.2, 0) is 4.74 Å². The largest absolute Gasteiger partial charge is 0.381 e. The van der Waals surface area contributed by atoms with Crippen molar-refractivity contribution in [3.63, 3.8) is 0 Å². The van der Waals surface area contributed by atoms with E-state index in [9.17, 15) is 0 Å². The fourth-order valence-corrected chi connectivity index (χ4v) is 4.94. The van der Waals surface area contributed by atoms with Crippen LogP contribution in [0.5, 0.6) is 0 Å².